The Hall–Kier alpha value is -3.54. The van der Waals surface area contributed by atoms with Gasteiger partial charge >= 0.3 is 0 Å². The van der Waals surface area contributed by atoms with Crippen molar-refractivity contribution < 1.29 is 0 Å². The Labute approximate surface area is 183 Å². The molecule has 0 N–H and O–H groups in total. The fourth-order valence-electron chi connectivity index (χ4n) is 5.05. The number of imidazole rings is 1. The van der Waals surface area contributed by atoms with Gasteiger partial charge in [0.2, 0.25) is 0 Å². The molecular formula is C26H13N3S2. The third-order valence-electron chi connectivity index (χ3n) is 6.30. The van der Waals surface area contributed by atoms with Crippen molar-refractivity contribution in [1.29, 1.82) is 0 Å². The molecule has 0 atom stereocenters. The molecule has 0 unspecified atom stereocenters. The standard InChI is InChI=1S/C26H13N3S2/c1-2-6-18-14(4-1)21-19(30-18)9-10-20-22(21)15-7-8-16-23-17(5-3-11-27-23)26-28-12-13-29(26)24(16)25(15)31-20/h1-13H. The van der Waals surface area contributed by atoms with Crippen LogP contribution >= 0.6 is 22.7 Å². The van der Waals surface area contributed by atoms with Crippen molar-refractivity contribution in [3.05, 3.63) is 79.3 Å². The molecule has 0 saturated carbocycles. The van der Waals surface area contributed by atoms with Crippen molar-refractivity contribution in [1.82, 2.24) is 14.4 Å². The number of nitrogens with zero attached hydrogens (tertiary/aromatic N) is 3. The van der Waals surface area contributed by atoms with Gasteiger partial charge in [-0.1, -0.05) is 24.3 Å². The number of hydrogen-bond donors (Lipinski definition) is 0. The van der Waals surface area contributed by atoms with E-state index in [0.29, 0.717) is 0 Å². The highest BCUT2D eigenvalue weighted by atomic mass is 32.1. The molecule has 3 nitrogen and oxygen atoms in total. The van der Waals surface area contributed by atoms with Gasteiger partial charge in [-0.25, -0.2) is 4.98 Å². The van der Waals surface area contributed by atoms with Crippen LogP contribution < -0.4 is 0 Å². The zero-order valence-corrected chi connectivity index (χ0v) is 17.8. The van der Waals surface area contributed by atoms with Crippen molar-refractivity contribution in [3.8, 4) is 0 Å². The molecule has 8 aromatic rings. The van der Waals surface area contributed by atoms with Crippen LogP contribution in [-0.2, 0) is 0 Å². The first-order valence-corrected chi connectivity index (χ1v) is 11.8. The lowest BCUT2D eigenvalue weighted by Crippen LogP contribution is -1.92. The summed E-state index contributed by atoms with van der Waals surface area (Å²) in [4.78, 5) is 9.40. The fourth-order valence-corrected chi connectivity index (χ4v) is 7.41. The van der Waals surface area contributed by atoms with Crippen LogP contribution in [-0.4, -0.2) is 14.4 Å². The number of aromatic nitrogens is 3. The van der Waals surface area contributed by atoms with E-state index in [1.807, 2.05) is 41.1 Å². The number of benzene rings is 3. The second-order valence-electron chi connectivity index (χ2n) is 7.87. The molecule has 0 amide bonds. The van der Waals surface area contributed by atoms with E-state index in [4.69, 9.17) is 4.98 Å². The highest BCUT2D eigenvalue weighted by Crippen LogP contribution is 2.46. The van der Waals surface area contributed by atoms with Crippen LogP contribution in [0.15, 0.2) is 79.3 Å². The first kappa shape index (κ1) is 16.2. The summed E-state index contributed by atoms with van der Waals surface area (Å²) in [6.45, 7) is 0. The zero-order chi connectivity index (χ0) is 20.1. The van der Waals surface area contributed by atoms with Gasteiger partial charge < -0.3 is 0 Å². The number of rotatable bonds is 0. The summed E-state index contributed by atoms with van der Waals surface area (Å²) < 4.78 is 7.55. The summed E-state index contributed by atoms with van der Waals surface area (Å²) in [5.74, 6) is 0. The summed E-state index contributed by atoms with van der Waals surface area (Å²) in [7, 11) is 0. The number of hydrogen-bond acceptors (Lipinski definition) is 4. The molecular weight excluding hydrogens is 418 g/mol. The Morgan fingerprint density at radius 2 is 1.42 bits per heavy atom. The molecule has 0 radical (unpaired) electrons. The van der Waals surface area contributed by atoms with E-state index in [2.05, 4.69) is 70.2 Å². The van der Waals surface area contributed by atoms with Crippen molar-refractivity contribution in [2.45, 2.75) is 0 Å². The van der Waals surface area contributed by atoms with Crippen LogP contribution in [0.1, 0.15) is 0 Å². The van der Waals surface area contributed by atoms with Gasteiger partial charge in [0.25, 0.3) is 0 Å². The molecule has 0 fully saturated rings. The minimum Gasteiger partial charge on any atom is -0.298 e. The van der Waals surface area contributed by atoms with Gasteiger partial charge in [-0.2, -0.15) is 0 Å². The molecule has 144 valence electrons. The highest BCUT2D eigenvalue weighted by molar-refractivity contribution is 7.28. The van der Waals surface area contributed by atoms with Crippen molar-refractivity contribution in [3.63, 3.8) is 0 Å². The smallest absolute Gasteiger partial charge is 0.146 e. The van der Waals surface area contributed by atoms with E-state index >= 15 is 0 Å². The van der Waals surface area contributed by atoms with E-state index in [0.717, 1.165) is 16.6 Å². The predicted octanol–water partition coefficient (Wildman–Crippen LogP) is 7.77. The average molecular weight is 432 g/mol. The van der Waals surface area contributed by atoms with Gasteiger partial charge in [0.15, 0.2) is 0 Å². The SMILES string of the molecule is c1ccc2c(c1)sc1ccc3sc4c(ccc5c6ncccc6c6nccn6c54)c3c12. The quantitative estimate of drug-likeness (QED) is 0.230. The minimum atomic E-state index is 0.965. The molecule has 31 heavy (non-hydrogen) atoms. The highest BCUT2D eigenvalue weighted by Gasteiger charge is 2.18. The first-order chi connectivity index (χ1) is 15.4. The summed E-state index contributed by atoms with van der Waals surface area (Å²) in [6.07, 6.45) is 5.83. The normalized spacial score (nSPS) is 12.5. The van der Waals surface area contributed by atoms with Gasteiger partial charge in [-0.15, -0.1) is 22.7 Å². The summed E-state index contributed by atoms with van der Waals surface area (Å²) in [5.41, 5.74) is 3.18. The topological polar surface area (TPSA) is 30.2 Å². The van der Waals surface area contributed by atoms with Crippen LogP contribution in [0.25, 0.3) is 67.8 Å². The van der Waals surface area contributed by atoms with Crippen molar-refractivity contribution >= 4 is 90.5 Å². The maximum Gasteiger partial charge on any atom is 0.146 e. The molecule has 5 aromatic heterocycles. The van der Waals surface area contributed by atoms with Crippen LogP contribution in [0.2, 0.25) is 0 Å². The number of thiophene rings is 2. The maximum atomic E-state index is 4.74. The van der Waals surface area contributed by atoms with Crippen molar-refractivity contribution in [2.24, 2.45) is 0 Å². The number of pyridine rings is 2. The maximum absolute atomic E-state index is 4.74. The third-order valence-corrected chi connectivity index (χ3v) is 8.62. The molecule has 0 aliphatic carbocycles. The van der Waals surface area contributed by atoms with Gasteiger partial charge in [0.1, 0.15) is 5.65 Å². The summed E-state index contributed by atoms with van der Waals surface area (Å²) in [5, 5.41) is 7.67. The first-order valence-electron chi connectivity index (χ1n) is 10.2. The lowest BCUT2D eigenvalue weighted by molar-refractivity contribution is 1.27. The second-order valence-corrected chi connectivity index (χ2v) is 10.0. The Morgan fingerprint density at radius 1 is 0.613 bits per heavy atom. The van der Waals surface area contributed by atoms with E-state index in [1.165, 1.54) is 51.2 Å². The Bertz CT molecular complexity index is 2010. The summed E-state index contributed by atoms with van der Waals surface area (Å²) >= 11 is 3.75. The molecule has 8 rings (SSSR count). The van der Waals surface area contributed by atoms with Gasteiger partial charge in [0.05, 0.1) is 15.7 Å². The van der Waals surface area contributed by atoms with Crippen molar-refractivity contribution in [2.75, 3.05) is 0 Å². The van der Waals surface area contributed by atoms with Crippen LogP contribution in [0.5, 0.6) is 0 Å². The Morgan fingerprint density at radius 3 is 2.39 bits per heavy atom. The molecule has 0 bridgehead atoms. The third kappa shape index (κ3) is 1.93. The lowest BCUT2D eigenvalue weighted by Gasteiger charge is -2.08. The van der Waals surface area contributed by atoms with E-state index in [9.17, 15) is 0 Å². The van der Waals surface area contributed by atoms with E-state index in [-0.39, 0.29) is 0 Å². The molecule has 5 heteroatoms. The average Bonchev–Trinajstić information content (AvgIpc) is 3.53. The molecule has 0 aliphatic rings. The molecule has 5 heterocycles. The molecule has 0 saturated heterocycles. The Kier molecular flexibility index (Phi) is 2.91. The monoisotopic (exact) mass is 431 g/mol. The largest absolute Gasteiger partial charge is 0.298 e. The van der Waals surface area contributed by atoms with Gasteiger partial charge in [-0.05, 0) is 36.4 Å². The molecule has 0 spiro atoms. The van der Waals surface area contributed by atoms with Gasteiger partial charge in [-0.3, -0.25) is 9.38 Å². The minimum absolute atomic E-state index is 0.965. The molecule has 0 aliphatic heterocycles. The fraction of sp³-hybridized carbons (Fsp3) is 0. The lowest BCUT2D eigenvalue weighted by atomic mass is 10.0. The van der Waals surface area contributed by atoms with Crippen LogP contribution in [0.4, 0.5) is 0 Å². The van der Waals surface area contributed by atoms with E-state index < -0.39 is 0 Å². The predicted molar refractivity (Wildman–Crippen MR) is 134 cm³/mol. The Balaban J connectivity index is 1.69. The second kappa shape index (κ2) is 5.58. The van der Waals surface area contributed by atoms with E-state index in [1.54, 1.807) is 0 Å². The zero-order valence-electron chi connectivity index (χ0n) is 16.2. The number of fused-ring (bicyclic) bond motifs is 14. The van der Waals surface area contributed by atoms with Gasteiger partial charge in [0, 0.05) is 65.0 Å². The van der Waals surface area contributed by atoms with Crippen LogP contribution in [0, 0.1) is 0 Å². The summed E-state index contributed by atoms with van der Waals surface area (Å²) in [6, 6.07) is 21.9. The van der Waals surface area contributed by atoms with Crippen LogP contribution in [0.3, 0.4) is 0 Å². The molecule has 3 aromatic carbocycles.